The van der Waals surface area contributed by atoms with Gasteiger partial charge in [0, 0.05) is 38.3 Å². The molecule has 152 valence electrons. The second-order valence-electron chi connectivity index (χ2n) is 7.95. The van der Waals surface area contributed by atoms with Crippen LogP contribution in [0.2, 0.25) is 0 Å². The largest absolute Gasteiger partial charge is 0.392 e. The molecule has 0 radical (unpaired) electrons. The highest BCUT2D eigenvalue weighted by molar-refractivity contribution is 5.99. The monoisotopic (exact) mass is 393 g/mol. The first-order chi connectivity index (χ1) is 14.0. The van der Waals surface area contributed by atoms with Gasteiger partial charge in [0.2, 0.25) is 11.8 Å². The molecule has 2 aliphatic rings. The minimum Gasteiger partial charge on any atom is -0.392 e. The van der Waals surface area contributed by atoms with E-state index in [1.165, 1.54) is 0 Å². The van der Waals surface area contributed by atoms with E-state index in [9.17, 15) is 14.7 Å². The van der Waals surface area contributed by atoms with Crippen LogP contribution in [0, 0.1) is 0 Å². The topological polar surface area (TPSA) is 81.7 Å². The van der Waals surface area contributed by atoms with Crippen LogP contribution in [0.4, 0.5) is 5.69 Å². The molecule has 2 amide bonds. The third-order valence-corrected chi connectivity index (χ3v) is 5.97. The fourth-order valence-corrected chi connectivity index (χ4v) is 4.52. The lowest BCUT2D eigenvalue weighted by atomic mass is 9.79. The zero-order valence-electron chi connectivity index (χ0n) is 16.6. The maximum atomic E-state index is 13.1. The summed E-state index contributed by atoms with van der Waals surface area (Å²) in [7, 11) is 1.66. The number of hydrogen-bond acceptors (Lipinski definition) is 4. The maximum absolute atomic E-state index is 13.1. The number of likely N-dealkylation sites (tertiary alicyclic amines) is 1. The van der Waals surface area contributed by atoms with Crippen molar-refractivity contribution in [2.75, 3.05) is 32.0 Å². The summed E-state index contributed by atoms with van der Waals surface area (Å²) >= 11 is 0. The predicted octanol–water partition coefficient (Wildman–Crippen LogP) is 1.86. The van der Waals surface area contributed by atoms with Gasteiger partial charge in [-0.3, -0.25) is 9.59 Å². The number of carbonyl (C=O) groups is 2. The molecule has 0 aliphatic carbocycles. The highest BCUT2D eigenvalue weighted by atomic mass is 16.3. The van der Waals surface area contributed by atoms with Crippen LogP contribution < -0.4 is 10.6 Å². The van der Waals surface area contributed by atoms with Crippen LogP contribution in [-0.4, -0.2) is 54.6 Å². The average Bonchev–Trinajstić information content (AvgIpc) is 3.31. The lowest BCUT2D eigenvalue weighted by Gasteiger charge is -2.31. The fraction of sp³-hybridized carbons (Fsp3) is 0.391. The molecular weight excluding hydrogens is 366 g/mol. The zero-order valence-corrected chi connectivity index (χ0v) is 16.6. The van der Waals surface area contributed by atoms with Crippen LogP contribution in [-0.2, 0) is 16.0 Å². The molecule has 0 bridgehead atoms. The number of hydrogen-bond donors (Lipinski definition) is 3. The van der Waals surface area contributed by atoms with Gasteiger partial charge >= 0.3 is 0 Å². The molecule has 0 aromatic heterocycles. The third-order valence-electron chi connectivity index (χ3n) is 5.97. The number of aliphatic hydroxyl groups is 1. The first-order valence-electron chi connectivity index (χ1n) is 10.1. The minimum atomic E-state index is -0.388. The Hall–Kier alpha value is -2.70. The quantitative estimate of drug-likeness (QED) is 0.700. The summed E-state index contributed by atoms with van der Waals surface area (Å²) in [4.78, 5) is 27.1. The minimum absolute atomic E-state index is 0.0145. The van der Waals surface area contributed by atoms with Crippen LogP contribution in [0.1, 0.15) is 34.9 Å². The number of carbonyl (C=O) groups excluding carboxylic acids is 2. The number of nitrogens with one attached hydrogen (secondary N) is 2. The standard InChI is InChI=1S/C23H27N3O3/c1-24-23(29)22(16-7-8-20-17(11-16)12-21(28)25-20)19(15-5-3-2-4-6-15)14-26-10-9-18(27)13-26/h2-8,11,18-19,22,27H,9-10,12-14H2,1H3,(H,24,29)(H,25,28)/t18-,19+,22?/m0/s1. The first-order valence-corrected chi connectivity index (χ1v) is 10.1. The van der Waals surface area contributed by atoms with E-state index >= 15 is 0 Å². The zero-order chi connectivity index (χ0) is 20.4. The van der Waals surface area contributed by atoms with Gasteiger partial charge in [0.1, 0.15) is 0 Å². The van der Waals surface area contributed by atoms with E-state index in [0.29, 0.717) is 19.5 Å². The Bertz CT molecular complexity index is 899. The van der Waals surface area contributed by atoms with Crippen molar-refractivity contribution in [3.05, 3.63) is 65.2 Å². The Balaban J connectivity index is 1.72. The van der Waals surface area contributed by atoms with Crippen LogP contribution in [0.25, 0.3) is 0 Å². The predicted molar refractivity (Wildman–Crippen MR) is 112 cm³/mol. The van der Waals surface area contributed by atoms with E-state index in [-0.39, 0.29) is 29.8 Å². The summed E-state index contributed by atoms with van der Waals surface area (Å²) in [5.41, 5.74) is 3.77. The van der Waals surface area contributed by atoms with Gasteiger partial charge in [0.15, 0.2) is 0 Å². The van der Waals surface area contributed by atoms with Gasteiger partial charge in [0.25, 0.3) is 0 Å². The molecule has 3 N–H and O–H groups in total. The highest BCUT2D eigenvalue weighted by Gasteiger charge is 2.34. The van der Waals surface area contributed by atoms with E-state index in [4.69, 9.17) is 0 Å². The molecule has 0 saturated carbocycles. The van der Waals surface area contributed by atoms with Crippen molar-refractivity contribution in [1.29, 1.82) is 0 Å². The average molecular weight is 393 g/mol. The van der Waals surface area contributed by atoms with Crippen LogP contribution >= 0.6 is 0 Å². The second-order valence-corrected chi connectivity index (χ2v) is 7.95. The summed E-state index contributed by atoms with van der Waals surface area (Å²) in [5, 5.41) is 15.7. The van der Waals surface area contributed by atoms with Crippen LogP contribution in [0.5, 0.6) is 0 Å². The number of benzene rings is 2. The lowest BCUT2D eigenvalue weighted by molar-refractivity contribution is -0.122. The number of aliphatic hydroxyl groups excluding tert-OH is 1. The van der Waals surface area contributed by atoms with Crippen molar-refractivity contribution >= 4 is 17.5 Å². The summed E-state index contributed by atoms with van der Waals surface area (Å²) in [6.07, 6.45) is 0.804. The van der Waals surface area contributed by atoms with E-state index in [1.54, 1.807) is 7.05 Å². The molecule has 4 rings (SSSR count). The van der Waals surface area contributed by atoms with E-state index in [0.717, 1.165) is 35.3 Å². The number of nitrogens with zero attached hydrogens (tertiary/aromatic N) is 1. The summed E-state index contributed by atoms with van der Waals surface area (Å²) in [6, 6.07) is 15.9. The highest BCUT2D eigenvalue weighted by Crippen LogP contribution is 2.37. The molecule has 0 spiro atoms. The Labute approximate surface area is 170 Å². The van der Waals surface area contributed by atoms with Crippen molar-refractivity contribution < 1.29 is 14.7 Å². The van der Waals surface area contributed by atoms with Crippen molar-refractivity contribution in [2.45, 2.75) is 30.8 Å². The van der Waals surface area contributed by atoms with Crippen LogP contribution in [0.3, 0.4) is 0 Å². The molecule has 29 heavy (non-hydrogen) atoms. The fourth-order valence-electron chi connectivity index (χ4n) is 4.52. The Kier molecular flexibility index (Phi) is 5.65. The number of amides is 2. The maximum Gasteiger partial charge on any atom is 0.228 e. The summed E-state index contributed by atoms with van der Waals surface area (Å²) in [6.45, 7) is 2.15. The van der Waals surface area contributed by atoms with Crippen molar-refractivity contribution in [3.63, 3.8) is 0 Å². The van der Waals surface area contributed by atoms with Crippen molar-refractivity contribution in [2.24, 2.45) is 0 Å². The molecule has 1 fully saturated rings. The first kappa shape index (κ1) is 19.6. The van der Waals surface area contributed by atoms with Gasteiger partial charge in [-0.2, -0.15) is 0 Å². The van der Waals surface area contributed by atoms with Gasteiger partial charge in [-0.05, 0) is 29.2 Å². The third kappa shape index (κ3) is 4.18. The second kappa shape index (κ2) is 8.35. The Morgan fingerprint density at radius 1 is 1.24 bits per heavy atom. The van der Waals surface area contributed by atoms with E-state index in [1.807, 2.05) is 36.4 Å². The smallest absolute Gasteiger partial charge is 0.228 e. The summed E-state index contributed by atoms with van der Waals surface area (Å²) in [5.74, 6) is -0.513. The molecule has 2 aromatic carbocycles. The molecule has 3 atom stereocenters. The van der Waals surface area contributed by atoms with Gasteiger partial charge in [-0.15, -0.1) is 0 Å². The van der Waals surface area contributed by atoms with E-state index < -0.39 is 0 Å². The molecular formula is C23H27N3O3. The normalized spacial score (nSPS) is 20.8. The Morgan fingerprint density at radius 2 is 2.03 bits per heavy atom. The number of β-amino-alcohol motifs (C(OH)–C–C–N with tert-alkyl or cyclic N) is 1. The van der Waals surface area contributed by atoms with Crippen LogP contribution in [0.15, 0.2) is 48.5 Å². The number of fused-ring (bicyclic) bond motifs is 1. The summed E-state index contributed by atoms with van der Waals surface area (Å²) < 4.78 is 0. The lowest BCUT2D eigenvalue weighted by Crippen LogP contribution is -2.36. The van der Waals surface area contributed by atoms with E-state index in [2.05, 4.69) is 27.7 Å². The molecule has 2 aromatic rings. The van der Waals surface area contributed by atoms with Gasteiger partial charge in [-0.25, -0.2) is 0 Å². The van der Waals surface area contributed by atoms with Crippen molar-refractivity contribution in [1.82, 2.24) is 10.2 Å². The van der Waals surface area contributed by atoms with Gasteiger partial charge < -0.3 is 20.6 Å². The molecule has 6 heteroatoms. The number of anilines is 1. The SMILES string of the molecule is CNC(=O)C(c1ccc2c(c1)CC(=O)N2)[C@H](CN1CC[C@H](O)C1)c1ccccc1. The van der Waals surface area contributed by atoms with Gasteiger partial charge in [0.05, 0.1) is 18.4 Å². The molecule has 6 nitrogen and oxygen atoms in total. The van der Waals surface area contributed by atoms with Gasteiger partial charge in [-0.1, -0.05) is 42.5 Å². The molecule has 1 unspecified atom stereocenters. The molecule has 1 saturated heterocycles. The number of rotatable bonds is 6. The number of likely N-dealkylation sites (N-methyl/N-ethyl adjacent to an activating group) is 1. The Morgan fingerprint density at radius 3 is 2.72 bits per heavy atom. The van der Waals surface area contributed by atoms with Crippen molar-refractivity contribution in [3.8, 4) is 0 Å². The molecule has 2 aliphatic heterocycles. The molecule has 2 heterocycles.